The molecule has 2 bridgehead atoms. The summed E-state index contributed by atoms with van der Waals surface area (Å²) < 4.78 is 49.9. The van der Waals surface area contributed by atoms with Crippen LogP contribution in [0.3, 0.4) is 0 Å². The maximum absolute atomic E-state index is 14.0. The molecule has 0 aromatic carbocycles. The molecule has 25 unspecified atom stereocenters. The molecule has 10 rings (SSSR count). The van der Waals surface area contributed by atoms with Crippen molar-refractivity contribution >= 4 is 5.97 Å². The number of carbonyl (C=O) groups excluding carboxylic acids is 1. The van der Waals surface area contributed by atoms with Gasteiger partial charge in [0.2, 0.25) is 0 Å². The molecule has 356 valence electrons. The van der Waals surface area contributed by atoms with Gasteiger partial charge >= 0.3 is 5.97 Å². The van der Waals surface area contributed by atoms with Crippen molar-refractivity contribution in [2.45, 2.75) is 209 Å². The van der Waals surface area contributed by atoms with Gasteiger partial charge in [-0.2, -0.15) is 0 Å². The highest BCUT2D eigenvalue weighted by Crippen LogP contribution is 2.83. The van der Waals surface area contributed by atoms with Crippen molar-refractivity contribution in [3.05, 3.63) is 12.2 Å². The summed E-state index contributed by atoms with van der Waals surface area (Å²) in [5.74, 6) is 0.461. The van der Waals surface area contributed by atoms with Crippen LogP contribution in [0, 0.1) is 44.8 Å². The van der Waals surface area contributed by atoms with E-state index < -0.39 is 109 Å². The van der Waals surface area contributed by atoms with E-state index in [1.165, 1.54) is 12.5 Å². The molecule has 17 heteroatoms. The summed E-state index contributed by atoms with van der Waals surface area (Å²) in [5.41, 5.74) is -0.925. The Kier molecular flexibility index (Phi) is 10.8. The maximum Gasteiger partial charge on any atom is 0.313 e. The molecule has 5 aliphatic carbocycles. The molecule has 0 aromatic rings. The topological polar surface area (TPSA) is 256 Å². The van der Waals surface area contributed by atoms with Crippen LogP contribution in [0.2, 0.25) is 0 Å². The lowest BCUT2D eigenvalue weighted by atomic mass is 9.31. The Labute approximate surface area is 368 Å². The zero-order valence-corrected chi connectivity index (χ0v) is 37.3. The van der Waals surface area contributed by atoms with E-state index in [-0.39, 0.29) is 64.9 Å². The Morgan fingerprint density at radius 2 is 1.46 bits per heavy atom. The summed E-state index contributed by atoms with van der Waals surface area (Å²) in [6.07, 6.45) is -14.2. The first-order valence-electron chi connectivity index (χ1n) is 23.4. The van der Waals surface area contributed by atoms with E-state index in [1.807, 2.05) is 0 Å². The number of aliphatic hydroxyl groups excluding tert-OH is 8. The maximum atomic E-state index is 14.0. The summed E-state index contributed by atoms with van der Waals surface area (Å²) in [6, 6.07) is 0. The standard InChI is InChI=1S/C46H70O17/c1-19-8-13-45-15-14-44(7)43(6)12-9-23-41(3,4)25(10-11-42(23,5)35(43)34-36(60-34)46(44,24(45)16-19)63-40(45)55)59-37-31(54)32(21(48)18-56-37)61-39-33(29(52)27(50)22(17-47)58-39)62-38-30(53)28(51)26(49)20(2)57-38/h20-39,47-54H,1,8-18H2,2-7H3. The van der Waals surface area contributed by atoms with Crippen molar-refractivity contribution in [3.8, 4) is 0 Å². The van der Waals surface area contributed by atoms with Crippen LogP contribution in [0.5, 0.6) is 0 Å². The van der Waals surface area contributed by atoms with Gasteiger partial charge in [-0.3, -0.25) is 4.79 Å². The van der Waals surface area contributed by atoms with Gasteiger partial charge in [0, 0.05) is 11.3 Å². The predicted octanol–water partition coefficient (Wildman–Crippen LogP) is 0.565. The molecular formula is C46H70O17. The number of allylic oxidation sites excluding steroid dienone is 1. The molecule has 63 heavy (non-hydrogen) atoms. The van der Waals surface area contributed by atoms with Gasteiger partial charge in [0.1, 0.15) is 67.1 Å². The SMILES string of the molecule is C=C1CCC23CCC4(C)C5(C)CCC6C(C)(C)C(OC7OCC(O)C(OC8OC(CO)C(O)C(O)C8OC8OC(C)C(O)C(O)C8O)C7O)CCC6(C)C5C5OC5C4(OC2=O)C3C1. The van der Waals surface area contributed by atoms with Crippen molar-refractivity contribution < 1.29 is 83.5 Å². The summed E-state index contributed by atoms with van der Waals surface area (Å²) in [4.78, 5) is 14.0. The van der Waals surface area contributed by atoms with Crippen LogP contribution in [0.15, 0.2) is 12.2 Å². The minimum Gasteiger partial charge on any atom is -0.455 e. The van der Waals surface area contributed by atoms with Crippen LogP contribution < -0.4 is 0 Å². The van der Waals surface area contributed by atoms with E-state index in [0.29, 0.717) is 6.42 Å². The molecule has 1 spiro atoms. The zero-order chi connectivity index (χ0) is 45.1. The highest BCUT2D eigenvalue weighted by molar-refractivity contribution is 5.82. The highest BCUT2D eigenvalue weighted by Gasteiger charge is 2.89. The summed E-state index contributed by atoms with van der Waals surface area (Å²) in [7, 11) is 0. The van der Waals surface area contributed by atoms with Crippen LogP contribution in [0.1, 0.15) is 99.3 Å². The molecule has 0 radical (unpaired) electrons. The number of aliphatic hydroxyl groups is 8. The minimum atomic E-state index is -1.78. The first-order chi connectivity index (χ1) is 29.6. The van der Waals surface area contributed by atoms with E-state index in [4.69, 9.17) is 37.9 Å². The molecule has 0 amide bonds. The zero-order valence-electron chi connectivity index (χ0n) is 37.3. The first-order valence-corrected chi connectivity index (χ1v) is 23.4. The third kappa shape index (κ3) is 6.04. The van der Waals surface area contributed by atoms with E-state index in [1.54, 1.807) is 0 Å². The number of epoxide rings is 1. The third-order valence-electron chi connectivity index (χ3n) is 19.5. The molecule has 5 heterocycles. The lowest BCUT2D eigenvalue weighted by Crippen LogP contribution is -2.74. The van der Waals surface area contributed by atoms with E-state index >= 15 is 0 Å². The molecule has 25 atom stereocenters. The van der Waals surface area contributed by atoms with Gasteiger partial charge in [0.15, 0.2) is 24.5 Å². The molecule has 5 aliphatic heterocycles. The molecule has 5 saturated heterocycles. The number of hydrogen-bond acceptors (Lipinski definition) is 17. The van der Waals surface area contributed by atoms with Crippen LogP contribution >= 0.6 is 0 Å². The number of ether oxygens (including phenoxy) is 8. The second kappa shape index (κ2) is 15.1. The van der Waals surface area contributed by atoms with Crippen molar-refractivity contribution in [3.63, 3.8) is 0 Å². The van der Waals surface area contributed by atoms with Gasteiger partial charge < -0.3 is 78.7 Å². The molecule has 8 N–H and O–H groups in total. The molecular weight excluding hydrogens is 824 g/mol. The molecule has 0 aromatic heterocycles. The number of hydrogen-bond donors (Lipinski definition) is 8. The average Bonchev–Trinajstić information content (AvgIpc) is 3.99. The quantitative estimate of drug-likeness (QED) is 0.0752. The monoisotopic (exact) mass is 894 g/mol. The lowest BCUT2D eigenvalue weighted by molar-refractivity contribution is -0.385. The third-order valence-corrected chi connectivity index (χ3v) is 19.5. The largest absolute Gasteiger partial charge is 0.455 e. The molecule has 10 aliphatic rings. The number of fused-ring (bicyclic) bond motifs is 6. The van der Waals surface area contributed by atoms with Gasteiger partial charge in [0.05, 0.1) is 36.9 Å². The molecule has 10 fully saturated rings. The van der Waals surface area contributed by atoms with Gasteiger partial charge in [0.25, 0.3) is 0 Å². The minimum absolute atomic E-state index is 0.0260. The van der Waals surface area contributed by atoms with Crippen molar-refractivity contribution in [2.24, 2.45) is 44.8 Å². The van der Waals surface area contributed by atoms with Crippen LogP contribution in [0.25, 0.3) is 0 Å². The van der Waals surface area contributed by atoms with Gasteiger partial charge in [-0.05, 0) is 92.8 Å². The second-order valence-corrected chi connectivity index (χ2v) is 22.5. The van der Waals surface area contributed by atoms with Gasteiger partial charge in [-0.1, -0.05) is 46.8 Å². The Hall–Kier alpha value is -1.39. The number of esters is 1. The Balaban J connectivity index is 0.865. The summed E-state index contributed by atoms with van der Waals surface area (Å²) in [5, 5.41) is 86.2. The van der Waals surface area contributed by atoms with Crippen LogP contribution in [-0.4, -0.2) is 170 Å². The number of rotatable bonds is 7. The van der Waals surface area contributed by atoms with E-state index in [2.05, 4.69) is 41.2 Å². The van der Waals surface area contributed by atoms with Crippen LogP contribution in [0.4, 0.5) is 0 Å². The van der Waals surface area contributed by atoms with Crippen molar-refractivity contribution in [1.29, 1.82) is 0 Å². The fourth-order valence-corrected chi connectivity index (χ4v) is 15.9. The fraction of sp³-hybridized carbons (Fsp3) is 0.935. The molecule has 17 nitrogen and oxygen atoms in total. The van der Waals surface area contributed by atoms with Crippen molar-refractivity contribution in [2.75, 3.05) is 13.2 Å². The van der Waals surface area contributed by atoms with Crippen LogP contribution in [-0.2, 0) is 42.7 Å². The highest BCUT2D eigenvalue weighted by atomic mass is 16.8. The predicted molar refractivity (Wildman–Crippen MR) is 216 cm³/mol. The van der Waals surface area contributed by atoms with Gasteiger partial charge in [-0.25, -0.2) is 0 Å². The Morgan fingerprint density at radius 3 is 2.19 bits per heavy atom. The van der Waals surface area contributed by atoms with E-state index in [9.17, 15) is 45.6 Å². The number of carbonyl (C=O) groups is 1. The Bertz CT molecular complexity index is 1820. The summed E-state index contributed by atoms with van der Waals surface area (Å²) >= 11 is 0. The van der Waals surface area contributed by atoms with Gasteiger partial charge in [-0.15, -0.1) is 0 Å². The normalized spacial score (nSPS) is 59.3. The lowest BCUT2D eigenvalue weighted by Gasteiger charge is -2.72. The Morgan fingerprint density at radius 1 is 0.730 bits per heavy atom. The summed E-state index contributed by atoms with van der Waals surface area (Å²) in [6.45, 7) is 16.6. The smallest absolute Gasteiger partial charge is 0.313 e. The van der Waals surface area contributed by atoms with E-state index in [0.717, 1.165) is 51.4 Å². The van der Waals surface area contributed by atoms with Crippen molar-refractivity contribution in [1.82, 2.24) is 0 Å². The first kappa shape index (κ1) is 45.4. The second-order valence-electron chi connectivity index (χ2n) is 22.5. The average molecular weight is 895 g/mol. The molecule has 5 saturated carbocycles. The fourth-order valence-electron chi connectivity index (χ4n) is 15.9.